The predicted octanol–water partition coefficient (Wildman–Crippen LogP) is 2.28. The number of hydrogen-bond donors (Lipinski definition) is 2. The minimum absolute atomic E-state index is 0.161. The molecule has 6 heteroatoms. The first-order valence-corrected chi connectivity index (χ1v) is 8.79. The van der Waals surface area contributed by atoms with Gasteiger partial charge in [0.2, 0.25) is 0 Å². The van der Waals surface area contributed by atoms with Crippen molar-refractivity contribution in [2.45, 2.75) is 12.5 Å². The molecule has 0 fully saturated rings. The Balaban J connectivity index is 1.90. The summed E-state index contributed by atoms with van der Waals surface area (Å²) in [4.78, 5) is 5.76. The third-order valence-corrected chi connectivity index (χ3v) is 4.99. The number of thiophene rings is 1. The summed E-state index contributed by atoms with van der Waals surface area (Å²) in [6.07, 6.45) is 4.69. The Morgan fingerprint density at radius 1 is 1.50 bits per heavy atom. The third-order valence-electron chi connectivity index (χ3n) is 2.99. The molecule has 0 saturated carbocycles. The normalized spacial score (nSPS) is 12.7. The molecule has 0 bridgehead atoms. The van der Waals surface area contributed by atoms with Crippen LogP contribution in [0.15, 0.2) is 29.9 Å². The minimum Gasteiger partial charge on any atom is -0.396 e. The van der Waals surface area contributed by atoms with Crippen molar-refractivity contribution < 1.29 is 5.11 Å². The van der Waals surface area contributed by atoms with Gasteiger partial charge in [0.15, 0.2) is 0 Å². The summed E-state index contributed by atoms with van der Waals surface area (Å²) in [5.74, 6) is 3.11. The van der Waals surface area contributed by atoms with Gasteiger partial charge in [0.05, 0.1) is 0 Å². The molecule has 4 nitrogen and oxygen atoms in total. The second-order valence-corrected chi connectivity index (χ2v) is 6.69. The average molecular weight is 311 g/mol. The summed E-state index contributed by atoms with van der Waals surface area (Å²) >= 11 is 3.63. The second kappa shape index (κ2) is 8.46. The second-order valence-electron chi connectivity index (χ2n) is 4.49. The zero-order valence-electron chi connectivity index (χ0n) is 11.7. The number of rotatable bonds is 9. The van der Waals surface area contributed by atoms with Crippen LogP contribution >= 0.6 is 23.1 Å². The van der Waals surface area contributed by atoms with E-state index in [2.05, 4.69) is 32.4 Å². The Morgan fingerprint density at radius 3 is 3.05 bits per heavy atom. The molecule has 0 radical (unpaired) electrons. The lowest BCUT2D eigenvalue weighted by molar-refractivity contribution is 0.296. The van der Waals surface area contributed by atoms with Gasteiger partial charge in [-0.25, -0.2) is 4.98 Å². The van der Waals surface area contributed by atoms with Crippen molar-refractivity contribution in [2.24, 2.45) is 7.05 Å². The quantitative estimate of drug-likeness (QED) is 0.698. The Hall–Kier alpha value is -0.820. The van der Waals surface area contributed by atoms with E-state index in [9.17, 15) is 0 Å². The summed E-state index contributed by atoms with van der Waals surface area (Å²) in [5, 5.41) is 14.4. The highest BCUT2D eigenvalue weighted by Gasteiger charge is 2.18. The molecular weight excluding hydrogens is 290 g/mol. The van der Waals surface area contributed by atoms with Gasteiger partial charge in [0.1, 0.15) is 11.9 Å². The maximum Gasteiger partial charge on any atom is 0.131 e. The first kappa shape index (κ1) is 15.6. The molecule has 0 aliphatic heterocycles. The number of aromatic nitrogens is 2. The van der Waals surface area contributed by atoms with Crippen LogP contribution in [0.2, 0.25) is 0 Å². The van der Waals surface area contributed by atoms with Crippen LogP contribution in [-0.4, -0.2) is 39.3 Å². The summed E-state index contributed by atoms with van der Waals surface area (Å²) in [7, 11) is 2.03. The Labute approximate surface area is 128 Å². The molecule has 0 aliphatic carbocycles. The van der Waals surface area contributed by atoms with E-state index >= 15 is 0 Å². The largest absolute Gasteiger partial charge is 0.396 e. The Bertz CT molecular complexity index is 484. The molecule has 2 heterocycles. The number of nitrogens with one attached hydrogen (secondary N) is 1. The van der Waals surface area contributed by atoms with Crippen LogP contribution in [0.4, 0.5) is 0 Å². The predicted molar refractivity (Wildman–Crippen MR) is 86.4 cm³/mol. The van der Waals surface area contributed by atoms with Gasteiger partial charge in [-0.1, -0.05) is 6.07 Å². The maximum atomic E-state index is 8.75. The number of aryl methyl sites for hydroxylation is 1. The van der Waals surface area contributed by atoms with Crippen LogP contribution < -0.4 is 5.32 Å². The molecule has 1 unspecified atom stereocenters. The van der Waals surface area contributed by atoms with Crippen molar-refractivity contribution in [2.75, 3.05) is 24.7 Å². The smallest absolute Gasteiger partial charge is 0.131 e. The lowest BCUT2D eigenvalue weighted by Gasteiger charge is -2.17. The van der Waals surface area contributed by atoms with Crippen molar-refractivity contribution in [3.05, 3.63) is 40.6 Å². The standard InChI is InChI=1S/C14H21N3OS2/c1-17-7-5-16-14(17)13(12-4-2-10-20-12)15-6-11-19-9-3-8-18/h2,4-5,7,10,13,15,18H,3,6,8-9,11H2,1H3. The molecule has 1 atom stereocenters. The monoisotopic (exact) mass is 311 g/mol. The van der Waals surface area contributed by atoms with Crippen LogP contribution in [0.25, 0.3) is 0 Å². The van der Waals surface area contributed by atoms with Crippen molar-refractivity contribution in [1.29, 1.82) is 0 Å². The SMILES string of the molecule is Cn1ccnc1C(NCCSCCCO)c1cccs1. The highest BCUT2D eigenvalue weighted by molar-refractivity contribution is 7.99. The molecule has 0 aromatic carbocycles. The molecule has 2 rings (SSSR count). The van der Waals surface area contributed by atoms with Gasteiger partial charge in [-0.15, -0.1) is 11.3 Å². The molecule has 2 aromatic heterocycles. The number of thioether (sulfide) groups is 1. The molecule has 0 spiro atoms. The lowest BCUT2D eigenvalue weighted by atomic mass is 10.2. The lowest BCUT2D eigenvalue weighted by Crippen LogP contribution is -2.26. The molecule has 110 valence electrons. The average Bonchev–Trinajstić information content (AvgIpc) is 3.10. The zero-order chi connectivity index (χ0) is 14.2. The fourth-order valence-corrected chi connectivity index (χ4v) is 3.57. The van der Waals surface area contributed by atoms with Gasteiger partial charge in [0, 0.05) is 43.2 Å². The molecule has 0 amide bonds. The number of aliphatic hydroxyl groups excluding tert-OH is 1. The fraction of sp³-hybridized carbons (Fsp3) is 0.500. The van der Waals surface area contributed by atoms with Gasteiger partial charge in [-0.05, 0) is 23.6 Å². The topological polar surface area (TPSA) is 50.1 Å². The first-order valence-electron chi connectivity index (χ1n) is 6.75. The van der Waals surface area contributed by atoms with E-state index in [-0.39, 0.29) is 12.6 Å². The molecule has 20 heavy (non-hydrogen) atoms. The van der Waals surface area contributed by atoms with Crippen LogP contribution in [0, 0.1) is 0 Å². The van der Waals surface area contributed by atoms with E-state index in [1.54, 1.807) is 11.3 Å². The highest BCUT2D eigenvalue weighted by Crippen LogP contribution is 2.24. The van der Waals surface area contributed by atoms with Crippen LogP contribution in [0.5, 0.6) is 0 Å². The van der Waals surface area contributed by atoms with Crippen molar-refractivity contribution in [3.8, 4) is 0 Å². The van der Waals surface area contributed by atoms with Gasteiger partial charge < -0.3 is 15.0 Å². The molecular formula is C14H21N3OS2. The van der Waals surface area contributed by atoms with E-state index in [4.69, 9.17) is 5.11 Å². The van der Waals surface area contributed by atoms with E-state index in [1.165, 1.54) is 4.88 Å². The Kier molecular flexibility index (Phi) is 6.59. The summed E-state index contributed by atoms with van der Waals surface area (Å²) < 4.78 is 2.07. The molecule has 0 saturated heterocycles. The van der Waals surface area contributed by atoms with E-state index < -0.39 is 0 Å². The number of aliphatic hydroxyl groups is 1. The number of imidazole rings is 1. The van der Waals surface area contributed by atoms with Gasteiger partial charge in [0.25, 0.3) is 0 Å². The molecule has 0 aliphatic rings. The van der Waals surface area contributed by atoms with Gasteiger partial charge >= 0.3 is 0 Å². The number of nitrogens with zero attached hydrogens (tertiary/aromatic N) is 2. The van der Waals surface area contributed by atoms with E-state index in [0.29, 0.717) is 0 Å². The highest BCUT2D eigenvalue weighted by atomic mass is 32.2. The van der Waals surface area contributed by atoms with Crippen LogP contribution in [0.1, 0.15) is 23.2 Å². The van der Waals surface area contributed by atoms with Crippen molar-refractivity contribution in [1.82, 2.24) is 14.9 Å². The molecule has 2 N–H and O–H groups in total. The third kappa shape index (κ3) is 4.34. The first-order chi connectivity index (χ1) is 9.83. The molecule has 2 aromatic rings. The maximum absolute atomic E-state index is 8.75. The fourth-order valence-electron chi connectivity index (χ4n) is 1.97. The van der Waals surface area contributed by atoms with Crippen molar-refractivity contribution >= 4 is 23.1 Å². The van der Waals surface area contributed by atoms with E-state index in [0.717, 1.165) is 30.3 Å². The summed E-state index contributed by atoms with van der Waals surface area (Å²) in [6.45, 7) is 1.22. The van der Waals surface area contributed by atoms with Gasteiger partial charge in [-0.2, -0.15) is 11.8 Å². The summed E-state index contributed by atoms with van der Waals surface area (Å²) in [5.41, 5.74) is 0. The summed E-state index contributed by atoms with van der Waals surface area (Å²) in [6, 6.07) is 4.39. The minimum atomic E-state index is 0.161. The Morgan fingerprint density at radius 2 is 2.40 bits per heavy atom. The van der Waals surface area contributed by atoms with Crippen LogP contribution in [0.3, 0.4) is 0 Å². The van der Waals surface area contributed by atoms with Crippen molar-refractivity contribution in [3.63, 3.8) is 0 Å². The zero-order valence-corrected chi connectivity index (χ0v) is 13.3. The van der Waals surface area contributed by atoms with Crippen LogP contribution in [-0.2, 0) is 7.05 Å². The van der Waals surface area contributed by atoms with Gasteiger partial charge in [-0.3, -0.25) is 0 Å². The number of hydrogen-bond acceptors (Lipinski definition) is 5. The van der Waals surface area contributed by atoms with E-state index in [1.807, 2.05) is 31.2 Å².